The molecule has 0 atom stereocenters. The average molecular weight is 501 g/mol. The number of fused-ring (bicyclic) bond motifs is 3. The highest BCUT2D eigenvalue weighted by Gasteiger charge is 2.31. The summed E-state index contributed by atoms with van der Waals surface area (Å²) in [6, 6.07) is 21.7. The van der Waals surface area contributed by atoms with Gasteiger partial charge in [0.1, 0.15) is 5.75 Å². The third-order valence-corrected chi connectivity index (χ3v) is 8.34. The average Bonchev–Trinajstić information content (AvgIpc) is 2.88. The lowest BCUT2D eigenvalue weighted by atomic mass is 9.90. The fraction of sp³-hybridized carbons (Fsp3) is 0.207. The van der Waals surface area contributed by atoms with E-state index in [2.05, 4.69) is 0 Å². The number of rotatable bonds is 6. The van der Waals surface area contributed by atoms with Crippen molar-refractivity contribution >= 4 is 32.2 Å². The maximum Gasteiger partial charge on any atom is 0.264 e. The molecule has 6 nitrogen and oxygen atoms in total. The topological polar surface area (TPSA) is 68.6 Å². The molecule has 0 saturated heterocycles. The van der Waals surface area contributed by atoms with Crippen LogP contribution in [-0.2, 0) is 16.6 Å². The van der Waals surface area contributed by atoms with E-state index in [4.69, 9.17) is 4.74 Å². The molecule has 1 aliphatic heterocycles. The summed E-state index contributed by atoms with van der Waals surface area (Å²) in [6.07, 6.45) is 1.95. The molecule has 0 amide bonds. The zero-order valence-corrected chi connectivity index (χ0v) is 21.4. The van der Waals surface area contributed by atoms with E-state index in [0.29, 0.717) is 18.8 Å². The fourth-order valence-corrected chi connectivity index (χ4v) is 6.20. The largest absolute Gasteiger partial charge is 0.494 e. The number of nitrogens with zero attached hydrogens (tertiary/aromatic N) is 2. The molecule has 5 rings (SSSR count). The molecule has 36 heavy (non-hydrogen) atoms. The molecule has 4 aromatic rings. The van der Waals surface area contributed by atoms with E-state index >= 15 is 0 Å². The second-order valence-electron chi connectivity index (χ2n) is 8.73. The maximum atomic E-state index is 13.8. The zero-order valence-electron chi connectivity index (χ0n) is 20.6. The van der Waals surface area contributed by atoms with Crippen LogP contribution in [0.5, 0.6) is 5.75 Å². The van der Waals surface area contributed by atoms with Gasteiger partial charge in [-0.1, -0.05) is 35.9 Å². The van der Waals surface area contributed by atoms with Crippen LogP contribution in [0.4, 0.5) is 5.69 Å². The second-order valence-corrected chi connectivity index (χ2v) is 10.6. The molecule has 0 unspecified atom stereocenters. The van der Waals surface area contributed by atoms with Crippen molar-refractivity contribution in [2.45, 2.75) is 32.2 Å². The van der Waals surface area contributed by atoms with Crippen molar-refractivity contribution in [1.82, 2.24) is 4.57 Å². The van der Waals surface area contributed by atoms with Crippen molar-refractivity contribution in [3.8, 4) is 5.75 Å². The van der Waals surface area contributed by atoms with Gasteiger partial charge in [-0.05, 0) is 74.4 Å². The van der Waals surface area contributed by atoms with Crippen molar-refractivity contribution in [1.29, 1.82) is 0 Å². The lowest BCUT2D eigenvalue weighted by Crippen LogP contribution is -2.34. The van der Waals surface area contributed by atoms with Crippen LogP contribution in [0.2, 0.25) is 0 Å². The van der Waals surface area contributed by atoms with E-state index in [9.17, 15) is 13.2 Å². The third kappa shape index (κ3) is 3.99. The molecule has 0 saturated carbocycles. The normalized spacial score (nSPS) is 13.4. The summed E-state index contributed by atoms with van der Waals surface area (Å²) in [4.78, 5) is 12.8. The SMILES string of the molecule is CCOc1ccc(C2=CCN(S(=O)(=O)c3ccc(C)cc3)c3ccc4c(ccc(=O)n4CC)c32)cc1. The molecule has 0 fully saturated rings. The van der Waals surface area contributed by atoms with Gasteiger partial charge < -0.3 is 9.30 Å². The number of anilines is 1. The van der Waals surface area contributed by atoms with E-state index in [0.717, 1.165) is 38.9 Å². The molecule has 0 bridgehead atoms. The number of hydrogen-bond acceptors (Lipinski definition) is 4. The number of pyridine rings is 1. The number of hydrogen-bond donors (Lipinski definition) is 0. The highest BCUT2D eigenvalue weighted by Crippen LogP contribution is 2.42. The highest BCUT2D eigenvalue weighted by molar-refractivity contribution is 7.92. The van der Waals surface area contributed by atoms with Crippen LogP contribution in [0.3, 0.4) is 0 Å². The Hall–Kier alpha value is -3.84. The molecule has 2 heterocycles. The van der Waals surface area contributed by atoms with Crippen molar-refractivity contribution in [2.75, 3.05) is 17.5 Å². The molecule has 1 aromatic heterocycles. The van der Waals surface area contributed by atoms with Crippen molar-refractivity contribution in [3.05, 3.63) is 106 Å². The van der Waals surface area contributed by atoms with Gasteiger partial charge in [-0.15, -0.1) is 0 Å². The van der Waals surface area contributed by atoms with Crippen LogP contribution in [0.25, 0.3) is 16.5 Å². The summed E-state index contributed by atoms with van der Waals surface area (Å²) < 4.78 is 36.3. The van der Waals surface area contributed by atoms with Gasteiger partial charge in [-0.2, -0.15) is 0 Å². The van der Waals surface area contributed by atoms with E-state index in [1.165, 1.54) is 4.31 Å². The molecule has 0 spiro atoms. The fourth-order valence-electron chi connectivity index (χ4n) is 4.78. The molecule has 3 aromatic carbocycles. The smallest absolute Gasteiger partial charge is 0.264 e. The van der Waals surface area contributed by atoms with E-state index < -0.39 is 10.0 Å². The van der Waals surface area contributed by atoms with E-state index in [1.54, 1.807) is 41.0 Å². The van der Waals surface area contributed by atoms with Crippen LogP contribution in [0.15, 0.2) is 88.6 Å². The lowest BCUT2D eigenvalue weighted by molar-refractivity contribution is 0.340. The van der Waals surface area contributed by atoms with Gasteiger partial charge in [0.05, 0.1) is 29.3 Å². The highest BCUT2D eigenvalue weighted by atomic mass is 32.2. The van der Waals surface area contributed by atoms with Crippen molar-refractivity contribution in [2.24, 2.45) is 0 Å². The van der Waals surface area contributed by atoms with Gasteiger partial charge in [0, 0.05) is 23.6 Å². The number of aryl methyl sites for hydroxylation is 2. The van der Waals surface area contributed by atoms with Crippen LogP contribution < -0.4 is 14.6 Å². The van der Waals surface area contributed by atoms with Gasteiger partial charge in [0.2, 0.25) is 0 Å². The van der Waals surface area contributed by atoms with E-state index in [-0.39, 0.29) is 17.0 Å². The van der Waals surface area contributed by atoms with Crippen molar-refractivity contribution in [3.63, 3.8) is 0 Å². The predicted octanol–water partition coefficient (Wildman–Crippen LogP) is 5.37. The molecule has 184 valence electrons. The molecule has 0 N–H and O–H groups in total. The molecular weight excluding hydrogens is 472 g/mol. The van der Waals surface area contributed by atoms with Crippen molar-refractivity contribution < 1.29 is 13.2 Å². The summed E-state index contributed by atoms with van der Waals surface area (Å²) >= 11 is 0. The summed E-state index contributed by atoms with van der Waals surface area (Å²) in [5.74, 6) is 0.777. The Morgan fingerprint density at radius 3 is 2.28 bits per heavy atom. The number of aromatic nitrogens is 1. The summed E-state index contributed by atoms with van der Waals surface area (Å²) in [6.45, 7) is 7.09. The minimum atomic E-state index is -3.80. The van der Waals surface area contributed by atoms with Gasteiger partial charge in [0.25, 0.3) is 15.6 Å². The summed E-state index contributed by atoms with van der Waals surface area (Å²) in [5.41, 5.74) is 4.95. The van der Waals surface area contributed by atoms with Gasteiger partial charge in [0.15, 0.2) is 0 Å². The first kappa shape index (κ1) is 23.9. The third-order valence-electron chi connectivity index (χ3n) is 6.55. The number of benzene rings is 3. The number of sulfonamides is 1. The van der Waals surface area contributed by atoms with Gasteiger partial charge >= 0.3 is 0 Å². The second kappa shape index (κ2) is 9.32. The van der Waals surface area contributed by atoms with Crippen LogP contribution >= 0.6 is 0 Å². The molecule has 7 heteroatoms. The predicted molar refractivity (Wildman–Crippen MR) is 144 cm³/mol. The Morgan fingerprint density at radius 2 is 1.61 bits per heavy atom. The quantitative estimate of drug-likeness (QED) is 0.357. The first-order valence-corrected chi connectivity index (χ1v) is 13.5. The Balaban J connectivity index is 1.74. The van der Waals surface area contributed by atoms with Crippen LogP contribution in [0.1, 0.15) is 30.5 Å². The Bertz CT molecular complexity index is 1630. The van der Waals surface area contributed by atoms with Crippen LogP contribution in [0, 0.1) is 6.92 Å². The summed E-state index contributed by atoms with van der Waals surface area (Å²) in [5, 5.41) is 0.831. The first-order chi connectivity index (χ1) is 17.3. The molecule has 0 aliphatic carbocycles. The Labute approximate surface area is 211 Å². The molecular formula is C29H28N2O4S. The Kier molecular flexibility index (Phi) is 6.18. The van der Waals surface area contributed by atoms with Gasteiger partial charge in [-0.3, -0.25) is 9.10 Å². The summed E-state index contributed by atoms with van der Waals surface area (Å²) in [7, 11) is -3.80. The molecule has 1 aliphatic rings. The zero-order chi connectivity index (χ0) is 25.4. The van der Waals surface area contributed by atoms with E-state index in [1.807, 2.05) is 63.2 Å². The lowest BCUT2D eigenvalue weighted by Gasteiger charge is -2.31. The standard InChI is InChI=1S/C29H28N2O4S/c1-4-30-26-15-16-27-29(25(26)14-17-28(30)32)24(21-8-10-22(11-9-21)35-5-2)18-19-31(27)36(33,34)23-12-6-20(3)7-13-23/h6-18H,4-5,19H2,1-3H3. The maximum absolute atomic E-state index is 13.8. The molecule has 0 radical (unpaired) electrons. The van der Waals surface area contributed by atoms with Crippen LogP contribution in [-0.4, -0.2) is 26.1 Å². The minimum absolute atomic E-state index is 0.0866. The Morgan fingerprint density at radius 1 is 0.889 bits per heavy atom. The minimum Gasteiger partial charge on any atom is -0.494 e. The monoisotopic (exact) mass is 500 g/mol. The number of ether oxygens (including phenoxy) is 1. The first-order valence-electron chi connectivity index (χ1n) is 12.0. The van der Waals surface area contributed by atoms with Gasteiger partial charge in [-0.25, -0.2) is 8.42 Å².